The highest BCUT2D eigenvalue weighted by Crippen LogP contribution is 2.79. The van der Waals surface area contributed by atoms with Crippen LogP contribution in [0.15, 0.2) is 12.2 Å². The van der Waals surface area contributed by atoms with Crippen molar-refractivity contribution in [3.63, 3.8) is 0 Å². The molecule has 192 valence electrons. The highest BCUT2D eigenvalue weighted by molar-refractivity contribution is 5.84. The SMILES string of the molecule is CC(C)(C)C(=O)O[C@H]1CC[C@@]2(C)[C@H](CC[C@@H]3[C@@H]2CC[C@]2(C)[C@@H]([C@@]45C=CC(=O)O[C@@H]4O5)C[C@H]4O[C@]342)C1. The minimum absolute atomic E-state index is 0.0459. The maximum Gasteiger partial charge on any atom is 0.332 e. The van der Waals surface area contributed by atoms with Gasteiger partial charge in [0, 0.05) is 17.4 Å². The number of epoxide rings is 2. The van der Waals surface area contributed by atoms with Crippen LogP contribution in [-0.4, -0.2) is 41.6 Å². The van der Waals surface area contributed by atoms with E-state index in [0.29, 0.717) is 29.8 Å². The summed E-state index contributed by atoms with van der Waals surface area (Å²) in [4.78, 5) is 24.3. The van der Waals surface area contributed by atoms with Gasteiger partial charge in [0.2, 0.25) is 6.29 Å². The Morgan fingerprint density at radius 1 is 1.03 bits per heavy atom. The average molecular weight is 485 g/mol. The van der Waals surface area contributed by atoms with Crippen molar-refractivity contribution in [3.8, 4) is 0 Å². The van der Waals surface area contributed by atoms with Crippen LogP contribution in [0.2, 0.25) is 0 Å². The van der Waals surface area contributed by atoms with E-state index in [1.165, 1.54) is 19.3 Å². The van der Waals surface area contributed by atoms with Gasteiger partial charge in [0.1, 0.15) is 11.7 Å². The standard InChI is InChI=1S/C29H40O6/c1-25(2,3)23(31)32-17-8-11-26(4)16(14-17)6-7-19-18(26)9-12-27(5)20(15-21-29(19,27)34-21)28-13-10-22(30)33-24(28)35-28/h10,13,16-21,24H,6-9,11-12,14-15H2,1-5H3/t16-,17+,18+,19-,20+,21-,24-,26+,27-,28+,29-/m1/s1. The second-order valence-corrected chi connectivity index (χ2v) is 14.3. The molecule has 4 saturated carbocycles. The van der Waals surface area contributed by atoms with E-state index in [9.17, 15) is 9.59 Å². The third-order valence-corrected chi connectivity index (χ3v) is 11.8. The van der Waals surface area contributed by atoms with Crippen molar-refractivity contribution < 1.29 is 28.5 Å². The van der Waals surface area contributed by atoms with Crippen LogP contribution in [0.5, 0.6) is 0 Å². The Hall–Kier alpha value is -1.40. The van der Waals surface area contributed by atoms with E-state index in [1.54, 1.807) is 6.08 Å². The summed E-state index contributed by atoms with van der Waals surface area (Å²) in [7, 11) is 0. The quantitative estimate of drug-likeness (QED) is 0.408. The van der Waals surface area contributed by atoms with E-state index >= 15 is 0 Å². The predicted octanol–water partition coefficient (Wildman–Crippen LogP) is 4.94. The van der Waals surface area contributed by atoms with E-state index in [1.807, 2.05) is 26.8 Å². The summed E-state index contributed by atoms with van der Waals surface area (Å²) in [5, 5.41) is 0. The third kappa shape index (κ3) is 2.79. The van der Waals surface area contributed by atoms with Crippen molar-refractivity contribution >= 4 is 11.9 Å². The van der Waals surface area contributed by atoms with Crippen LogP contribution in [0, 0.1) is 39.9 Å². The van der Waals surface area contributed by atoms with Gasteiger partial charge >= 0.3 is 11.9 Å². The highest BCUT2D eigenvalue weighted by Gasteiger charge is 2.85. The van der Waals surface area contributed by atoms with Crippen molar-refractivity contribution in [2.24, 2.45) is 39.9 Å². The van der Waals surface area contributed by atoms with Gasteiger partial charge in [0.15, 0.2) is 5.60 Å². The molecule has 11 atom stereocenters. The summed E-state index contributed by atoms with van der Waals surface area (Å²) in [6.45, 7) is 10.8. The van der Waals surface area contributed by atoms with E-state index in [4.69, 9.17) is 18.9 Å². The molecule has 0 N–H and O–H groups in total. The summed E-state index contributed by atoms with van der Waals surface area (Å²) in [6.07, 6.45) is 12.4. The van der Waals surface area contributed by atoms with E-state index < -0.39 is 17.3 Å². The summed E-state index contributed by atoms with van der Waals surface area (Å²) in [6, 6.07) is 0. The second kappa shape index (κ2) is 6.72. The molecule has 0 aromatic heterocycles. The smallest absolute Gasteiger partial charge is 0.332 e. The van der Waals surface area contributed by atoms with Crippen molar-refractivity contribution in [3.05, 3.63) is 12.2 Å². The monoisotopic (exact) mass is 484 g/mol. The van der Waals surface area contributed by atoms with Gasteiger partial charge in [-0.2, -0.15) is 0 Å². The van der Waals surface area contributed by atoms with Crippen molar-refractivity contribution in [2.75, 3.05) is 0 Å². The molecule has 3 aliphatic heterocycles. The molecule has 6 heteroatoms. The molecule has 2 saturated heterocycles. The summed E-state index contributed by atoms with van der Waals surface area (Å²) in [5.41, 5.74) is -0.599. The molecule has 0 unspecified atom stereocenters. The van der Waals surface area contributed by atoms with Crippen LogP contribution in [-0.2, 0) is 28.5 Å². The predicted molar refractivity (Wildman–Crippen MR) is 127 cm³/mol. The Morgan fingerprint density at radius 2 is 1.83 bits per heavy atom. The minimum atomic E-state index is -0.446. The van der Waals surface area contributed by atoms with Gasteiger partial charge in [0.05, 0.1) is 11.5 Å². The number of rotatable bonds is 2. The second-order valence-electron chi connectivity index (χ2n) is 14.3. The molecular weight excluding hydrogens is 444 g/mol. The number of esters is 2. The third-order valence-electron chi connectivity index (χ3n) is 11.8. The van der Waals surface area contributed by atoms with Gasteiger partial charge < -0.3 is 18.9 Å². The van der Waals surface area contributed by atoms with Crippen LogP contribution in [0.25, 0.3) is 0 Å². The van der Waals surface area contributed by atoms with E-state index in [-0.39, 0.29) is 34.5 Å². The van der Waals surface area contributed by atoms with Crippen LogP contribution >= 0.6 is 0 Å². The van der Waals surface area contributed by atoms with Gasteiger partial charge in [-0.15, -0.1) is 0 Å². The van der Waals surface area contributed by atoms with Crippen molar-refractivity contribution in [1.29, 1.82) is 0 Å². The number of ether oxygens (including phenoxy) is 4. The van der Waals surface area contributed by atoms with Crippen LogP contribution in [0.1, 0.15) is 86.0 Å². The molecule has 6 nitrogen and oxygen atoms in total. The maximum atomic E-state index is 12.5. The zero-order valence-electron chi connectivity index (χ0n) is 21.8. The van der Waals surface area contributed by atoms with Gasteiger partial charge in [0.25, 0.3) is 0 Å². The molecule has 35 heavy (non-hydrogen) atoms. The lowest BCUT2D eigenvalue weighted by Gasteiger charge is -2.61. The first-order chi connectivity index (χ1) is 16.4. The van der Waals surface area contributed by atoms with Crippen molar-refractivity contribution in [1.82, 2.24) is 0 Å². The van der Waals surface area contributed by atoms with E-state index in [0.717, 1.165) is 32.1 Å². The molecule has 0 amide bonds. The number of hydrogen-bond acceptors (Lipinski definition) is 6. The lowest BCUT2D eigenvalue weighted by atomic mass is 9.43. The number of hydrogen-bond donors (Lipinski definition) is 0. The first-order valence-electron chi connectivity index (χ1n) is 13.9. The molecule has 0 aromatic rings. The average Bonchev–Trinajstić information content (AvgIpc) is 3.67. The highest BCUT2D eigenvalue weighted by atomic mass is 16.8. The number of carbonyl (C=O) groups excluding carboxylic acids is 2. The fourth-order valence-corrected chi connectivity index (χ4v) is 9.86. The molecule has 7 aliphatic rings. The topological polar surface area (TPSA) is 77.7 Å². The molecule has 3 heterocycles. The summed E-state index contributed by atoms with van der Waals surface area (Å²) in [5.74, 6) is 1.82. The molecule has 1 spiro atoms. The normalized spacial score (nSPS) is 55.5. The summed E-state index contributed by atoms with van der Waals surface area (Å²) < 4.78 is 24.2. The van der Waals surface area contributed by atoms with Gasteiger partial charge in [-0.25, -0.2) is 4.79 Å². The van der Waals surface area contributed by atoms with Crippen LogP contribution in [0.4, 0.5) is 0 Å². The lowest BCUT2D eigenvalue weighted by molar-refractivity contribution is -0.174. The lowest BCUT2D eigenvalue weighted by Crippen LogP contribution is -2.59. The van der Waals surface area contributed by atoms with Crippen LogP contribution < -0.4 is 0 Å². The largest absolute Gasteiger partial charge is 0.462 e. The Kier molecular flexibility index (Phi) is 4.37. The fourth-order valence-electron chi connectivity index (χ4n) is 9.86. The molecule has 4 aliphatic carbocycles. The Bertz CT molecular complexity index is 1010. The molecular formula is C29H40O6. The van der Waals surface area contributed by atoms with Gasteiger partial charge in [-0.05, 0) is 101 Å². The molecule has 6 fully saturated rings. The molecule has 0 aromatic carbocycles. The maximum absolute atomic E-state index is 12.5. The zero-order chi connectivity index (χ0) is 24.6. The minimum Gasteiger partial charge on any atom is -0.462 e. The molecule has 0 radical (unpaired) electrons. The Morgan fingerprint density at radius 3 is 2.57 bits per heavy atom. The molecule has 0 bridgehead atoms. The Labute approximate surface area is 208 Å². The van der Waals surface area contributed by atoms with E-state index in [2.05, 4.69) is 13.8 Å². The van der Waals surface area contributed by atoms with Crippen molar-refractivity contribution in [2.45, 2.75) is 116 Å². The fraction of sp³-hybridized carbons (Fsp3) is 0.862. The first-order valence-corrected chi connectivity index (χ1v) is 13.9. The zero-order valence-corrected chi connectivity index (χ0v) is 21.8. The summed E-state index contributed by atoms with van der Waals surface area (Å²) >= 11 is 0. The van der Waals surface area contributed by atoms with Gasteiger partial charge in [-0.3, -0.25) is 4.79 Å². The van der Waals surface area contributed by atoms with Crippen LogP contribution in [0.3, 0.4) is 0 Å². The van der Waals surface area contributed by atoms with Gasteiger partial charge in [-0.1, -0.05) is 13.8 Å². The molecule has 7 rings (SSSR count). The number of carbonyl (C=O) groups is 2. The first kappa shape index (κ1) is 22.8. The Balaban J connectivity index is 1.12. The number of fused-ring (bicyclic) bond motifs is 4.